The molecular weight excluding hydrogens is 406 g/mol. The lowest BCUT2D eigenvalue weighted by Gasteiger charge is -2.64. The molecule has 2 aliphatic heterocycles. The molecule has 0 bridgehead atoms. The van der Waals surface area contributed by atoms with Gasteiger partial charge in [0.1, 0.15) is 11.9 Å². The maximum absolute atomic E-state index is 9.95. The fourth-order valence-corrected chi connectivity index (χ4v) is 5.35. The van der Waals surface area contributed by atoms with Gasteiger partial charge in [0.2, 0.25) is 0 Å². The maximum atomic E-state index is 9.95. The zero-order valence-corrected chi connectivity index (χ0v) is 21.0. The van der Waals surface area contributed by atoms with Crippen LogP contribution in [0.5, 0.6) is 5.75 Å². The van der Waals surface area contributed by atoms with Crippen molar-refractivity contribution in [2.45, 2.75) is 97.1 Å². The lowest BCUT2D eigenvalue weighted by Crippen LogP contribution is -2.74. The molecule has 1 spiro atoms. The lowest BCUT2D eigenvalue weighted by atomic mass is 9.66. The molecule has 0 amide bonds. The highest BCUT2D eigenvalue weighted by atomic mass is 16.7. The summed E-state index contributed by atoms with van der Waals surface area (Å²) in [5.74, 6) is -0.394. The van der Waals surface area contributed by atoms with Gasteiger partial charge in [0.05, 0.1) is 25.4 Å². The summed E-state index contributed by atoms with van der Waals surface area (Å²) in [4.78, 5) is 6.72. The van der Waals surface area contributed by atoms with Crippen LogP contribution in [0.3, 0.4) is 0 Å². The number of hydrogen-bond acceptors (Lipinski definition) is 6. The summed E-state index contributed by atoms with van der Waals surface area (Å²) >= 11 is 0. The molecule has 2 N–H and O–H groups in total. The summed E-state index contributed by atoms with van der Waals surface area (Å²) in [5.41, 5.74) is 0.0820. The summed E-state index contributed by atoms with van der Waals surface area (Å²) in [6.45, 7) is 16.3. The van der Waals surface area contributed by atoms with Gasteiger partial charge in [0.25, 0.3) is 0 Å². The van der Waals surface area contributed by atoms with E-state index in [4.69, 9.17) is 14.3 Å². The molecule has 32 heavy (non-hydrogen) atoms. The molecular formula is C26H43NO5. The Morgan fingerprint density at radius 3 is 2.12 bits per heavy atom. The van der Waals surface area contributed by atoms with E-state index in [2.05, 4.69) is 53.5 Å². The molecule has 2 heterocycles. The van der Waals surface area contributed by atoms with Crippen molar-refractivity contribution >= 4 is 0 Å². The monoisotopic (exact) mass is 449 g/mol. The van der Waals surface area contributed by atoms with Crippen LogP contribution in [0.4, 0.5) is 0 Å². The maximum Gasteiger partial charge on any atom is 0.174 e. The van der Waals surface area contributed by atoms with Crippen molar-refractivity contribution in [2.75, 3.05) is 19.8 Å². The van der Waals surface area contributed by atoms with Gasteiger partial charge in [-0.3, -0.25) is 4.84 Å². The second-order valence-electron chi connectivity index (χ2n) is 10.5. The molecule has 1 aromatic rings. The van der Waals surface area contributed by atoms with Crippen LogP contribution in [-0.2, 0) is 14.3 Å². The Hall–Kier alpha value is -1.18. The first-order chi connectivity index (χ1) is 15.0. The molecule has 4 atom stereocenters. The minimum atomic E-state index is -0.703. The van der Waals surface area contributed by atoms with Crippen molar-refractivity contribution < 1.29 is 24.5 Å². The van der Waals surface area contributed by atoms with E-state index < -0.39 is 5.79 Å². The third kappa shape index (κ3) is 4.21. The Kier molecular flexibility index (Phi) is 7.33. The van der Waals surface area contributed by atoms with Gasteiger partial charge < -0.3 is 19.7 Å². The summed E-state index contributed by atoms with van der Waals surface area (Å²) < 4.78 is 13.1. The van der Waals surface area contributed by atoms with Gasteiger partial charge >= 0.3 is 0 Å². The van der Waals surface area contributed by atoms with Crippen LogP contribution in [0.25, 0.3) is 0 Å². The minimum Gasteiger partial charge on any atom is -0.508 e. The van der Waals surface area contributed by atoms with Crippen LogP contribution in [0, 0.1) is 11.3 Å². The van der Waals surface area contributed by atoms with E-state index in [0.29, 0.717) is 19.6 Å². The Bertz CT molecular complexity index is 754. The smallest absolute Gasteiger partial charge is 0.174 e. The number of phenols is 1. The number of benzene rings is 1. The van der Waals surface area contributed by atoms with Crippen molar-refractivity contribution in [3.63, 3.8) is 0 Å². The molecule has 2 aliphatic rings. The zero-order chi connectivity index (χ0) is 23.8. The molecule has 3 rings (SSSR count). The largest absolute Gasteiger partial charge is 0.508 e. The molecule has 2 fully saturated rings. The standard InChI is InChI=1S/C26H43NO5/c1-8-23(6)15-26(30-17-25(10-3,16-28)18-31-26)20(5)24(7,9-2)27(23)32-19(4)21-11-13-22(29)14-12-21/h11-14,19-20,28-29H,8-10,15-18H2,1-7H3. The Morgan fingerprint density at radius 1 is 1.06 bits per heavy atom. The van der Waals surface area contributed by atoms with Gasteiger partial charge in [-0.2, -0.15) is 5.06 Å². The first kappa shape index (κ1) is 25.4. The van der Waals surface area contributed by atoms with E-state index in [9.17, 15) is 10.2 Å². The Morgan fingerprint density at radius 2 is 1.66 bits per heavy atom. The summed E-state index contributed by atoms with van der Waals surface area (Å²) in [7, 11) is 0. The predicted octanol–water partition coefficient (Wildman–Crippen LogP) is 5.20. The van der Waals surface area contributed by atoms with Crippen LogP contribution in [0.2, 0.25) is 0 Å². The summed E-state index contributed by atoms with van der Waals surface area (Å²) in [5, 5.41) is 21.8. The van der Waals surface area contributed by atoms with Crippen LogP contribution >= 0.6 is 0 Å². The highest BCUT2D eigenvalue weighted by Gasteiger charge is 2.63. The molecule has 6 heteroatoms. The van der Waals surface area contributed by atoms with E-state index in [1.165, 1.54) is 0 Å². The second-order valence-corrected chi connectivity index (χ2v) is 10.5. The molecule has 182 valence electrons. The minimum absolute atomic E-state index is 0.0557. The first-order valence-corrected chi connectivity index (χ1v) is 12.2. The van der Waals surface area contributed by atoms with Crippen molar-refractivity contribution in [3.05, 3.63) is 29.8 Å². The van der Waals surface area contributed by atoms with Crippen LogP contribution in [-0.4, -0.2) is 52.0 Å². The number of aliphatic hydroxyl groups is 1. The third-order valence-corrected chi connectivity index (χ3v) is 8.61. The highest BCUT2D eigenvalue weighted by molar-refractivity contribution is 5.27. The summed E-state index contributed by atoms with van der Waals surface area (Å²) in [6, 6.07) is 7.22. The van der Waals surface area contributed by atoms with Gasteiger partial charge in [-0.25, -0.2) is 0 Å². The van der Waals surface area contributed by atoms with Crippen molar-refractivity contribution in [1.82, 2.24) is 5.06 Å². The van der Waals surface area contributed by atoms with Gasteiger partial charge in [-0.1, -0.05) is 39.8 Å². The quantitative estimate of drug-likeness (QED) is 0.596. The second kappa shape index (κ2) is 9.22. The Balaban J connectivity index is 1.92. The van der Waals surface area contributed by atoms with Crippen LogP contribution in [0.1, 0.15) is 85.8 Å². The predicted molar refractivity (Wildman–Crippen MR) is 125 cm³/mol. The van der Waals surface area contributed by atoms with Crippen LogP contribution < -0.4 is 0 Å². The average molecular weight is 450 g/mol. The molecule has 0 aliphatic carbocycles. The first-order valence-electron chi connectivity index (χ1n) is 12.2. The van der Waals surface area contributed by atoms with E-state index >= 15 is 0 Å². The van der Waals surface area contributed by atoms with Gasteiger partial charge in [-0.15, -0.1) is 0 Å². The number of piperidine rings is 1. The number of nitrogens with zero attached hydrogens (tertiary/aromatic N) is 1. The third-order valence-electron chi connectivity index (χ3n) is 8.61. The number of hydrogen-bond donors (Lipinski definition) is 2. The highest BCUT2D eigenvalue weighted by Crippen LogP contribution is 2.55. The number of aliphatic hydroxyl groups excluding tert-OH is 1. The van der Waals surface area contributed by atoms with E-state index in [1.807, 2.05) is 12.1 Å². The average Bonchev–Trinajstić information content (AvgIpc) is 2.81. The normalized spacial score (nSPS) is 39.3. The molecule has 0 aromatic heterocycles. The van der Waals surface area contributed by atoms with Crippen molar-refractivity contribution in [1.29, 1.82) is 0 Å². The number of aromatic hydroxyl groups is 1. The van der Waals surface area contributed by atoms with Gasteiger partial charge in [0, 0.05) is 23.3 Å². The zero-order valence-electron chi connectivity index (χ0n) is 21.0. The number of ether oxygens (including phenoxy) is 2. The number of hydroxylamine groups is 2. The molecule has 6 nitrogen and oxygen atoms in total. The molecule has 0 saturated carbocycles. The van der Waals surface area contributed by atoms with E-state index in [-0.39, 0.29) is 40.9 Å². The fraction of sp³-hybridized carbons (Fsp3) is 0.769. The molecule has 1 aromatic carbocycles. The lowest BCUT2D eigenvalue weighted by molar-refractivity contribution is -0.417. The summed E-state index contributed by atoms with van der Waals surface area (Å²) in [6.07, 6.45) is 3.11. The SMILES string of the molecule is CCC1(CO)COC2(CC(C)(CC)N(OC(C)c3ccc(O)cc3)C(C)(CC)C2C)OC1. The Labute approximate surface area is 193 Å². The van der Waals surface area contributed by atoms with Gasteiger partial charge in [0.15, 0.2) is 5.79 Å². The molecule has 4 unspecified atom stereocenters. The van der Waals surface area contributed by atoms with Crippen LogP contribution in [0.15, 0.2) is 24.3 Å². The molecule has 0 radical (unpaired) electrons. The van der Waals surface area contributed by atoms with E-state index in [1.54, 1.807) is 12.1 Å². The fourth-order valence-electron chi connectivity index (χ4n) is 5.35. The topological polar surface area (TPSA) is 71.4 Å². The van der Waals surface area contributed by atoms with E-state index in [0.717, 1.165) is 24.8 Å². The van der Waals surface area contributed by atoms with Gasteiger partial charge in [-0.05, 0) is 57.7 Å². The van der Waals surface area contributed by atoms with Crippen molar-refractivity contribution in [2.24, 2.45) is 11.3 Å². The number of rotatable bonds is 7. The molecule has 2 saturated heterocycles. The number of phenolic OH excluding ortho intramolecular Hbond substituents is 1. The van der Waals surface area contributed by atoms with Crippen molar-refractivity contribution in [3.8, 4) is 5.75 Å².